The lowest BCUT2D eigenvalue weighted by Gasteiger charge is -2.12. The Bertz CT molecular complexity index is 1400. The lowest BCUT2D eigenvalue weighted by atomic mass is 10.0. The van der Waals surface area contributed by atoms with Crippen molar-refractivity contribution in [2.45, 2.75) is 6.42 Å². The Morgan fingerprint density at radius 2 is 1.66 bits per heavy atom. The summed E-state index contributed by atoms with van der Waals surface area (Å²) in [5, 5.41) is 4.96. The van der Waals surface area contributed by atoms with E-state index in [1.807, 2.05) is 35.7 Å². The van der Waals surface area contributed by atoms with E-state index >= 15 is 0 Å². The predicted octanol–water partition coefficient (Wildman–Crippen LogP) is 5.31. The highest BCUT2D eigenvalue weighted by atomic mass is 32.1. The molecule has 0 aliphatic carbocycles. The Labute approximate surface area is 189 Å². The van der Waals surface area contributed by atoms with Crippen molar-refractivity contribution in [2.75, 3.05) is 6.54 Å². The summed E-state index contributed by atoms with van der Waals surface area (Å²) in [6.07, 6.45) is 8.28. The highest BCUT2D eigenvalue weighted by molar-refractivity contribution is 7.11. The van der Waals surface area contributed by atoms with Gasteiger partial charge in [-0.3, -0.25) is 14.5 Å². The van der Waals surface area contributed by atoms with Gasteiger partial charge in [-0.1, -0.05) is 60.5 Å². The average molecular weight is 435 g/mol. The molecule has 1 aromatic heterocycles. The number of rotatable bonds is 5. The van der Waals surface area contributed by atoms with Crippen molar-refractivity contribution in [1.29, 1.82) is 0 Å². The standard InChI is InChI=1S/C27H18N2O2S/c1-2-18(16-20-10-7-9-19-8-3-4-11-22(19)20)25-28-21(17-32-25)14-15-29-26(30)23-12-5-6-13-24(23)27(29)31/h1,3-13,16-17H,14-15H2/b18-16+. The Hall–Kier alpha value is -4.01. The van der Waals surface area contributed by atoms with Crippen LogP contribution in [0, 0.1) is 12.3 Å². The molecule has 2 amide bonds. The van der Waals surface area contributed by atoms with Crippen LogP contribution in [0.4, 0.5) is 0 Å². The van der Waals surface area contributed by atoms with Crippen LogP contribution in [0.15, 0.2) is 72.1 Å². The molecule has 5 rings (SSSR count). The maximum atomic E-state index is 12.6. The minimum absolute atomic E-state index is 0.249. The van der Waals surface area contributed by atoms with Crippen LogP contribution in [0.5, 0.6) is 0 Å². The molecule has 0 N–H and O–H groups in total. The number of terminal acetylenes is 1. The molecule has 4 nitrogen and oxygen atoms in total. The topological polar surface area (TPSA) is 50.3 Å². The molecule has 0 bridgehead atoms. The van der Waals surface area contributed by atoms with Crippen LogP contribution >= 0.6 is 11.3 Å². The van der Waals surface area contributed by atoms with Crippen LogP contribution in [0.25, 0.3) is 22.4 Å². The van der Waals surface area contributed by atoms with Crippen molar-refractivity contribution >= 4 is 45.6 Å². The minimum Gasteiger partial charge on any atom is -0.274 e. The summed E-state index contributed by atoms with van der Waals surface area (Å²) in [5.74, 6) is 2.26. The zero-order chi connectivity index (χ0) is 22.1. The summed E-state index contributed by atoms with van der Waals surface area (Å²) in [6, 6.07) is 21.2. The number of carbonyl (C=O) groups excluding carboxylic acids is 2. The van der Waals surface area contributed by atoms with E-state index in [1.54, 1.807) is 24.3 Å². The molecular formula is C27H18N2O2S. The predicted molar refractivity (Wildman–Crippen MR) is 128 cm³/mol. The van der Waals surface area contributed by atoms with E-state index in [-0.39, 0.29) is 18.4 Å². The third-order valence-electron chi connectivity index (χ3n) is 5.53. The number of hydrogen-bond donors (Lipinski definition) is 0. The van der Waals surface area contributed by atoms with Gasteiger partial charge in [-0.05, 0) is 34.5 Å². The first-order valence-electron chi connectivity index (χ1n) is 10.2. The van der Waals surface area contributed by atoms with Crippen LogP contribution in [0.3, 0.4) is 0 Å². The van der Waals surface area contributed by atoms with Gasteiger partial charge in [0.05, 0.1) is 22.4 Å². The van der Waals surface area contributed by atoms with Crippen molar-refractivity contribution in [1.82, 2.24) is 9.88 Å². The number of hydrogen-bond acceptors (Lipinski definition) is 4. The van der Waals surface area contributed by atoms with Crippen LogP contribution in [-0.4, -0.2) is 28.2 Å². The number of benzene rings is 3. The molecule has 0 saturated carbocycles. The van der Waals surface area contributed by atoms with E-state index in [1.165, 1.54) is 16.2 Å². The summed E-state index contributed by atoms with van der Waals surface area (Å²) >= 11 is 1.47. The number of carbonyl (C=O) groups is 2. The first-order chi connectivity index (χ1) is 15.7. The molecule has 5 heteroatoms. The Morgan fingerprint density at radius 3 is 2.41 bits per heavy atom. The summed E-state index contributed by atoms with van der Waals surface area (Å²) in [6.45, 7) is 0.286. The zero-order valence-corrected chi connectivity index (χ0v) is 17.9. The monoisotopic (exact) mass is 434 g/mol. The highest BCUT2D eigenvalue weighted by Gasteiger charge is 2.34. The SMILES string of the molecule is C#C/C(=C\c1cccc2ccccc12)c1nc(CCN2C(=O)c3ccccc3C2=O)cs1. The number of thiazole rings is 1. The molecule has 1 aliphatic heterocycles. The summed E-state index contributed by atoms with van der Waals surface area (Å²) in [7, 11) is 0. The normalized spacial score (nSPS) is 13.5. The number of amides is 2. The van der Waals surface area contributed by atoms with Crippen molar-refractivity contribution in [2.24, 2.45) is 0 Å². The number of nitrogens with zero attached hydrogens (tertiary/aromatic N) is 2. The fourth-order valence-electron chi connectivity index (χ4n) is 3.91. The molecule has 0 unspecified atom stereocenters. The first-order valence-corrected chi connectivity index (χ1v) is 11.1. The van der Waals surface area contributed by atoms with Gasteiger partial charge in [0.25, 0.3) is 11.8 Å². The number of fused-ring (bicyclic) bond motifs is 2. The molecule has 0 saturated heterocycles. The second kappa shape index (κ2) is 8.26. The van der Waals surface area contributed by atoms with Gasteiger partial charge in [0.15, 0.2) is 0 Å². The van der Waals surface area contributed by atoms with E-state index in [2.05, 4.69) is 29.1 Å². The molecule has 4 aromatic rings. The average Bonchev–Trinajstić information content (AvgIpc) is 3.39. The van der Waals surface area contributed by atoms with Crippen LogP contribution < -0.4 is 0 Å². The van der Waals surface area contributed by atoms with Gasteiger partial charge >= 0.3 is 0 Å². The molecule has 1 aliphatic rings. The van der Waals surface area contributed by atoms with Crippen molar-refractivity contribution in [3.8, 4) is 12.3 Å². The summed E-state index contributed by atoms with van der Waals surface area (Å²) in [4.78, 5) is 31.1. The quantitative estimate of drug-likeness (QED) is 0.316. The third-order valence-corrected chi connectivity index (χ3v) is 6.45. The van der Waals surface area contributed by atoms with Gasteiger partial charge in [-0.2, -0.15) is 0 Å². The smallest absolute Gasteiger partial charge is 0.261 e. The molecule has 0 atom stereocenters. The molecule has 0 radical (unpaired) electrons. The van der Waals surface area contributed by atoms with Gasteiger partial charge in [0, 0.05) is 18.3 Å². The van der Waals surface area contributed by atoms with Crippen molar-refractivity contribution < 1.29 is 9.59 Å². The van der Waals surface area contributed by atoms with E-state index in [4.69, 9.17) is 6.42 Å². The van der Waals surface area contributed by atoms with Gasteiger partial charge in [-0.15, -0.1) is 17.8 Å². The van der Waals surface area contributed by atoms with E-state index < -0.39 is 0 Å². The number of aromatic nitrogens is 1. The van der Waals surface area contributed by atoms with E-state index in [0.29, 0.717) is 23.1 Å². The van der Waals surface area contributed by atoms with Gasteiger partial charge < -0.3 is 0 Å². The summed E-state index contributed by atoms with van der Waals surface area (Å²) in [5.41, 5.74) is 3.48. The Kier molecular flexibility index (Phi) is 5.14. The van der Waals surface area contributed by atoms with Crippen molar-refractivity contribution in [3.05, 3.63) is 99.5 Å². The lowest BCUT2D eigenvalue weighted by molar-refractivity contribution is 0.0656. The molecule has 154 valence electrons. The minimum atomic E-state index is -0.249. The lowest BCUT2D eigenvalue weighted by Crippen LogP contribution is -2.31. The second-order valence-electron chi connectivity index (χ2n) is 7.47. The molecule has 0 fully saturated rings. The van der Waals surface area contributed by atoms with E-state index in [9.17, 15) is 9.59 Å². The third kappa shape index (κ3) is 3.51. The second-order valence-corrected chi connectivity index (χ2v) is 8.33. The van der Waals surface area contributed by atoms with Crippen LogP contribution in [0.1, 0.15) is 37.0 Å². The fraction of sp³-hybridized carbons (Fsp3) is 0.0741. The van der Waals surface area contributed by atoms with E-state index in [0.717, 1.165) is 27.0 Å². The Balaban J connectivity index is 1.35. The first kappa shape index (κ1) is 19.9. The maximum Gasteiger partial charge on any atom is 0.261 e. The maximum absolute atomic E-state index is 12.6. The molecular weight excluding hydrogens is 416 g/mol. The van der Waals surface area contributed by atoms with Crippen LogP contribution in [0.2, 0.25) is 0 Å². The molecule has 32 heavy (non-hydrogen) atoms. The number of allylic oxidation sites excluding steroid dienone is 1. The summed E-state index contributed by atoms with van der Waals surface area (Å²) < 4.78 is 0. The zero-order valence-electron chi connectivity index (χ0n) is 17.1. The largest absolute Gasteiger partial charge is 0.274 e. The fourth-order valence-corrected chi connectivity index (χ4v) is 4.74. The van der Waals surface area contributed by atoms with Crippen molar-refractivity contribution in [3.63, 3.8) is 0 Å². The van der Waals surface area contributed by atoms with Crippen LogP contribution in [-0.2, 0) is 6.42 Å². The molecule has 0 spiro atoms. The highest BCUT2D eigenvalue weighted by Crippen LogP contribution is 2.27. The van der Waals surface area contributed by atoms with Gasteiger partial charge in [-0.25, -0.2) is 4.98 Å². The number of imide groups is 1. The molecule has 3 aromatic carbocycles. The van der Waals surface area contributed by atoms with Gasteiger partial charge in [0.2, 0.25) is 0 Å². The molecule has 2 heterocycles. The Morgan fingerprint density at radius 1 is 0.969 bits per heavy atom. The van der Waals surface area contributed by atoms with Gasteiger partial charge in [0.1, 0.15) is 5.01 Å².